The fraction of sp³-hybridized carbons (Fsp3) is 0.571. The van der Waals surface area contributed by atoms with E-state index in [4.69, 9.17) is 10.8 Å². The van der Waals surface area contributed by atoms with Crippen LogP contribution in [0.1, 0.15) is 55.6 Å². The van der Waals surface area contributed by atoms with E-state index >= 15 is 0 Å². The maximum atomic E-state index is 5.63. The highest BCUT2D eigenvalue weighted by Crippen LogP contribution is 2.35. The third-order valence-corrected chi connectivity index (χ3v) is 5.09. The van der Waals surface area contributed by atoms with Crippen LogP contribution in [0, 0.1) is 0 Å². The number of hydrazine groups is 1. The Labute approximate surface area is 117 Å². The molecule has 0 bridgehead atoms. The van der Waals surface area contributed by atoms with Gasteiger partial charge in [-0.1, -0.05) is 26.2 Å². The molecule has 0 atom stereocenters. The molecule has 19 heavy (non-hydrogen) atoms. The van der Waals surface area contributed by atoms with Crippen molar-refractivity contribution in [1.82, 2.24) is 9.97 Å². The molecule has 2 aromatic rings. The minimum atomic E-state index is 0.512. The molecule has 1 fully saturated rings. The Bertz CT molecular complexity index is 572. The average Bonchev–Trinajstić information content (AvgIpc) is 2.90. The summed E-state index contributed by atoms with van der Waals surface area (Å²) in [7, 11) is 0. The highest BCUT2D eigenvalue weighted by Gasteiger charge is 2.20. The lowest BCUT2D eigenvalue weighted by molar-refractivity contribution is 0.430. The zero-order chi connectivity index (χ0) is 13.2. The number of nitrogens with one attached hydrogen (secondary N) is 1. The average molecular weight is 276 g/mol. The number of nitrogens with zero attached hydrogens (tertiary/aromatic N) is 2. The van der Waals surface area contributed by atoms with Crippen LogP contribution in [0.5, 0.6) is 0 Å². The lowest BCUT2D eigenvalue weighted by atomic mass is 9.89. The molecule has 2 heterocycles. The summed E-state index contributed by atoms with van der Waals surface area (Å²) >= 11 is 1.76. The summed E-state index contributed by atoms with van der Waals surface area (Å²) < 4.78 is 0. The summed E-state index contributed by atoms with van der Waals surface area (Å²) in [5.41, 5.74) is 2.74. The molecule has 4 nitrogen and oxygen atoms in total. The quantitative estimate of drug-likeness (QED) is 0.664. The summed E-state index contributed by atoms with van der Waals surface area (Å²) in [6, 6.07) is 2.15. The second-order valence-corrected chi connectivity index (χ2v) is 6.31. The summed E-state index contributed by atoms with van der Waals surface area (Å²) in [5.74, 6) is 7.90. The van der Waals surface area contributed by atoms with Gasteiger partial charge in [-0.3, -0.25) is 0 Å². The maximum Gasteiger partial charge on any atom is 0.152 e. The van der Waals surface area contributed by atoms with Crippen LogP contribution in [0.25, 0.3) is 10.2 Å². The van der Waals surface area contributed by atoms with E-state index in [1.54, 1.807) is 11.3 Å². The van der Waals surface area contributed by atoms with Crippen LogP contribution in [-0.2, 0) is 6.42 Å². The number of rotatable bonds is 3. The molecule has 0 saturated heterocycles. The minimum Gasteiger partial charge on any atom is -0.308 e. The van der Waals surface area contributed by atoms with Gasteiger partial charge in [-0.2, -0.15) is 0 Å². The molecule has 1 saturated carbocycles. The Morgan fingerprint density at radius 3 is 2.79 bits per heavy atom. The van der Waals surface area contributed by atoms with Gasteiger partial charge in [0.2, 0.25) is 0 Å². The molecule has 0 radical (unpaired) electrons. The van der Waals surface area contributed by atoms with Gasteiger partial charge >= 0.3 is 0 Å². The van der Waals surface area contributed by atoms with E-state index in [9.17, 15) is 0 Å². The zero-order valence-corrected chi connectivity index (χ0v) is 12.1. The molecule has 102 valence electrons. The third kappa shape index (κ3) is 2.44. The highest BCUT2D eigenvalue weighted by molar-refractivity contribution is 7.18. The molecule has 2 aromatic heterocycles. The summed E-state index contributed by atoms with van der Waals surface area (Å²) in [6.07, 6.45) is 7.39. The van der Waals surface area contributed by atoms with Crippen LogP contribution in [0.15, 0.2) is 6.07 Å². The molecule has 0 aliphatic heterocycles. The predicted octanol–water partition coefficient (Wildman–Crippen LogP) is 3.59. The molecule has 3 N–H and O–H groups in total. The molecular formula is C14H20N4S. The predicted molar refractivity (Wildman–Crippen MR) is 80.4 cm³/mol. The Morgan fingerprint density at radius 1 is 1.32 bits per heavy atom. The van der Waals surface area contributed by atoms with Crippen molar-refractivity contribution in [2.24, 2.45) is 5.84 Å². The van der Waals surface area contributed by atoms with Gasteiger partial charge in [0.15, 0.2) is 5.82 Å². The van der Waals surface area contributed by atoms with Crippen molar-refractivity contribution in [3.8, 4) is 0 Å². The van der Waals surface area contributed by atoms with E-state index in [-0.39, 0.29) is 0 Å². The number of thiophene rings is 1. The van der Waals surface area contributed by atoms with Gasteiger partial charge in [-0.05, 0) is 25.3 Å². The van der Waals surface area contributed by atoms with E-state index in [0.717, 1.165) is 28.3 Å². The summed E-state index contributed by atoms with van der Waals surface area (Å²) in [6.45, 7) is 2.16. The monoisotopic (exact) mass is 276 g/mol. The number of nitrogen functional groups attached to an aromatic ring is 1. The number of hydrogen-bond acceptors (Lipinski definition) is 5. The third-order valence-electron chi connectivity index (χ3n) is 3.92. The first-order chi connectivity index (χ1) is 9.31. The van der Waals surface area contributed by atoms with Crippen LogP contribution < -0.4 is 11.3 Å². The first-order valence-corrected chi connectivity index (χ1v) is 7.90. The van der Waals surface area contributed by atoms with Gasteiger partial charge in [-0.25, -0.2) is 15.8 Å². The molecule has 0 amide bonds. The number of aromatic nitrogens is 2. The van der Waals surface area contributed by atoms with Crippen molar-refractivity contribution < 1.29 is 0 Å². The van der Waals surface area contributed by atoms with Crippen LogP contribution in [0.4, 0.5) is 5.82 Å². The Balaban J connectivity index is 2.05. The van der Waals surface area contributed by atoms with Crippen LogP contribution in [0.2, 0.25) is 0 Å². The van der Waals surface area contributed by atoms with Crippen molar-refractivity contribution >= 4 is 27.4 Å². The van der Waals surface area contributed by atoms with Crippen LogP contribution >= 0.6 is 11.3 Å². The number of nitrogens with two attached hydrogens (primary N) is 1. The van der Waals surface area contributed by atoms with Gasteiger partial charge in [0.1, 0.15) is 10.7 Å². The first-order valence-electron chi connectivity index (χ1n) is 7.08. The lowest BCUT2D eigenvalue weighted by Crippen LogP contribution is -2.13. The van der Waals surface area contributed by atoms with Gasteiger partial charge in [-0.15, -0.1) is 11.3 Å². The fourth-order valence-electron chi connectivity index (χ4n) is 2.82. The number of aryl methyl sites for hydroxylation is 1. The lowest BCUT2D eigenvalue weighted by Gasteiger charge is -2.20. The zero-order valence-electron chi connectivity index (χ0n) is 11.3. The van der Waals surface area contributed by atoms with E-state index in [1.165, 1.54) is 37.0 Å². The molecular weight excluding hydrogens is 256 g/mol. The second-order valence-electron chi connectivity index (χ2n) is 5.19. The van der Waals surface area contributed by atoms with Gasteiger partial charge in [0.05, 0.1) is 5.39 Å². The molecule has 0 spiro atoms. The van der Waals surface area contributed by atoms with Crippen LogP contribution in [0.3, 0.4) is 0 Å². The SMILES string of the molecule is CCc1cc2c(NN)nc(C3CCCCC3)nc2s1. The van der Waals surface area contributed by atoms with Gasteiger partial charge in [0, 0.05) is 10.8 Å². The Kier molecular flexibility index (Phi) is 3.66. The van der Waals surface area contributed by atoms with E-state index in [0.29, 0.717) is 5.92 Å². The maximum absolute atomic E-state index is 5.63. The van der Waals surface area contributed by atoms with Crippen LogP contribution in [-0.4, -0.2) is 9.97 Å². The smallest absolute Gasteiger partial charge is 0.152 e. The Hall–Kier alpha value is -1.20. The molecule has 1 aliphatic carbocycles. The van der Waals surface area contributed by atoms with Crippen molar-refractivity contribution in [2.75, 3.05) is 5.43 Å². The first kappa shape index (κ1) is 12.8. The molecule has 0 unspecified atom stereocenters. The van der Waals surface area contributed by atoms with E-state index in [2.05, 4.69) is 23.4 Å². The van der Waals surface area contributed by atoms with Crippen molar-refractivity contribution in [2.45, 2.75) is 51.4 Å². The highest BCUT2D eigenvalue weighted by atomic mass is 32.1. The fourth-order valence-corrected chi connectivity index (χ4v) is 3.79. The second kappa shape index (κ2) is 5.43. The van der Waals surface area contributed by atoms with E-state index in [1.807, 2.05) is 0 Å². The van der Waals surface area contributed by atoms with Crippen molar-refractivity contribution in [3.63, 3.8) is 0 Å². The summed E-state index contributed by atoms with van der Waals surface area (Å²) in [4.78, 5) is 11.8. The molecule has 1 aliphatic rings. The largest absolute Gasteiger partial charge is 0.308 e. The summed E-state index contributed by atoms with van der Waals surface area (Å²) in [5, 5.41) is 1.06. The topological polar surface area (TPSA) is 63.8 Å². The standard InChI is InChI=1S/C14H20N4S/c1-2-10-8-11-13(18-15)16-12(17-14(11)19-10)9-6-4-3-5-7-9/h8-9H,2-7,15H2,1H3,(H,16,17,18). The van der Waals surface area contributed by atoms with Gasteiger partial charge in [0.25, 0.3) is 0 Å². The normalized spacial score (nSPS) is 16.9. The van der Waals surface area contributed by atoms with Gasteiger partial charge < -0.3 is 5.43 Å². The number of hydrogen-bond donors (Lipinski definition) is 2. The Morgan fingerprint density at radius 2 is 2.11 bits per heavy atom. The van der Waals surface area contributed by atoms with E-state index < -0.39 is 0 Å². The number of anilines is 1. The molecule has 5 heteroatoms. The molecule has 0 aromatic carbocycles. The molecule has 3 rings (SSSR count). The number of fused-ring (bicyclic) bond motifs is 1. The van der Waals surface area contributed by atoms with Crippen molar-refractivity contribution in [3.05, 3.63) is 16.8 Å². The minimum absolute atomic E-state index is 0.512. The van der Waals surface area contributed by atoms with Crippen molar-refractivity contribution in [1.29, 1.82) is 0 Å².